The Morgan fingerprint density at radius 3 is 2.33 bits per heavy atom. The molecule has 0 aromatic heterocycles. The summed E-state index contributed by atoms with van der Waals surface area (Å²) < 4.78 is 56.7. The molecule has 1 saturated carbocycles. The van der Waals surface area contributed by atoms with Crippen LogP contribution in [-0.2, 0) is 16.1 Å². The van der Waals surface area contributed by atoms with Gasteiger partial charge in [0.15, 0.2) is 5.83 Å². The summed E-state index contributed by atoms with van der Waals surface area (Å²) in [5.74, 6) is -4.45. The lowest BCUT2D eigenvalue weighted by atomic mass is 10.1. The topological polar surface area (TPSA) is 26.3 Å². The van der Waals surface area contributed by atoms with E-state index in [0.717, 1.165) is 8.95 Å². The fourth-order valence-corrected chi connectivity index (χ4v) is 3.82. The first-order valence-electron chi connectivity index (χ1n) is 7.00. The molecule has 24 heavy (non-hydrogen) atoms. The van der Waals surface area contributed by atoms with Crippen molar-refractivity contribution in [2.75, 3.05) is 0 Å². The standard InChI is InChI=1S/C16H14Br2F4O2/c1-15(2)9(6-12(19)16(20,21)22)13(15)14(23)24-7-8-10(17)4-3-5-11(8)18/h3-6,9,13H,7H2,1-2H3/t9-,13+/m0/s1. The normalized spacial score (nSPS) is 23.1. The van der Waals surface area contributed by atoms with Gasteiger partial charge in [-0.2, -0.15) is 13.2 Å². The second-order valence-corrected chi connectivity index (χ2v) is 7.85. The van der Waals surface area contributed by atoms with Crippen molar-refractivity contribution in [1.82, 2.24) is 0 Å². The largest absolute Gasteiger partial charge is 0.460 e. The van der Waals surface area contributed by atoms with Gasteiger partial charge in [-0.15, -0.1) is 0 Å². The Kier molecular flexibility index (Phi) is 5.49. The van der Waals surface area contributed by atoms with Crippen molar-refractivity contribution in [2.24, 2.45) is 17.3 Å². The molecule has 8 heteroatoms. The number of rotatable bonds is 4. The lowest BCUT2D eigenvalue weighted by Gasteiger charge is -2.09. The van der Waals surface area contributed by atoms with Crippen LogP contribution in [0.5, 0.6) is 0 Å². The molecule has 0 spiro atoms. The summed E-state index contributed by atoms with van der Waals surface area (Å²) in [6.45, 7) is 3.18. The van der Waals surface area contributed by atoms with Gasteiger partial charge in [0.25, 0.3) is 0 Å². The van der Waals surface area contributed by atoms with Crippen molar-refractivity contribution in [3.63, 3.8) is 0 Å². The molecule has 0 N–H and O–H groups in total. The van der Waals surface area contributed by atoms with Crippen molar-refractivity contribution in [3.05, 3.63) is 44.6 Å². The van der Waals surface area contributed by atoms with Crippen molar-refractivity contribution >= 4 is 37.8 Å². The van der Waals surface area contributed by atoms with Gasteiger partial charge in [0.1, 0.15) is 6.61 Å². The molecule has 1 aromatic carbocycles. The lowest BCUT2D eigenvalue weighted by molar-refractivity contribution is -0.147. The maximum Gasteiger partial charge on any atom is 0.442 e. The van der Waals surface area contributed by atoms with Crippen LogP contribution >= 0.6 is 31.9 Å². The van der Waals surface area contributed by atoms with Gasteiger partial charge in [0.05, 0.1) is 5.92 Å². The Morgan fingerprint density at radius 1 is 1.29 bits per heavy atom. The molecule has 0 radical (unpaired) electrons. The summed E-state index contributed by atoms with van der Waals surface area (Å²) in [5, 5.41) is 0. The molecule has 132 valence electrons. The van der Waals surface area contributed by atoms with Gasteiger partial charge in [-0.05, 0) is 29.5 Å². The quantitative estimate of drug-likeness (QED) is 0.399. The van der Waals surface area contributed by atoms with E-state index in [4.69, 9.17) is 4.74 Å². The van der Waals surface area contributed by atoms with Crippen molar-refractivity contribution < 1.29 is 27.1 Å². The number of benzene rings is 1. The van der Waals surface area contributed by atoms with Crippen LogP contribution in [0.25, 0.3) is 0 Å². The zero-order valence-corrected chi connectivity index (χ0v) is 15.9. The van der Waals surface area contributed by atoms with Crippen LogP contribution in [0.3, 0.4) is 0 Å². The monoisotopic (exact) mass is 472 g/mol. The van der Waals surface area contributed by atoms with E-state index in [2.05, 4.69) is 31.9 Å². The Balaban J connectivity index is 2.06. The van der Waals surface area contributed by atoms with E-state index in [1.165, 1.54) is 0 Å². The van der Waals surface area contributed by atoms with Gasteiger partial charge in [-0.1, -0.05) is 51.8 Å². The Morgan fingerprint density at radius 2 is 1.83 bits per heavy atom. The molecule has 2 atom stereocenters. The summed E-state index contributed by atoms with van der Waals surface area (Å²) in [7, 11) is 0. The number of hydrogen-bond donors (Lipinski definition) is 0. The Labute approximate surface area is 153 Å². The third-order valence-electron chi connectivity index (χ3n) is 4.18. The van der Waals surface area contributed by atoms with Crippen molar-refractivity contribution in [2.45, 2.75) is 26.6 Å². The molecule has 1 aliphatic carbocycles. The number of carbonyl (C=O) groups excluding carboxylic acids is 1. The van der Waals surface area contributed by atoms with E-state index in [-0.39, 0.29) is 6.61 Å². The van der Waals surface area contributed by atoms with Crippen LogP contribution in [0, 0.1) is 17.3 Å². The number of esters is 1. The first-order chi connectivity index (χ1) is 11.0. The number of ether oxygens (including phenoxy) is 1. The molecule has 1 aliphatic rings. The van der Waals surface area contributed by atoms with Crippen molar-refractivity contribution in [1.29, 1.82) is 0 Å². The molecular formula is C16H14Br2F4O2. The molecule has 1 fully saturated rings. The first kappa shape index (κ1) is 19.4. The molecule has 0 aliphatic heterocycles. The number of allylic oxidation sites excluding steroid dienone is 2. The number of carbonyl (C=O) groups is 1. The lowest BCUT2D eigenvalue weighted by Crippen LogP contribution is -2.11. The third kappa shape index (κ3) is 4.02. The van der Waals surface area contributed by atoms with Crippen LogP contribution in [0.2, 0.25) is 0 Å². The van der Waals surface area contributed by atoms with Crippen LogP contribution in [-0.4, -0.2) is 12.1 Å². The molecule has 1 aromatic rings. The summed E-state index contributed by atoms with van der Waals surface area (Å²) in [6, 6.07) is 5.35. The van der Waals surface area contributed by atoms with Crippen LogP contribution in [0.15, 0.2) is 39.0 Å². The second kappa shape index (κ2) is 6.78. The van der Waals surface area contributed by atoms with Gasteiger partial charge in [-0.3, -0.25) is 4.79 Å². The van der Waals surface area contributed by atoms with E-state index in [1.807, 2.05) is 0 Å². The molecular weight excluding hydrogens is 460 g/mol. The van der Waals surface area contributed by atoms with Crippen LogP contribution in [0.4, 0.5) is 17.6 Å². The summed E-state index contributed by atoms with van der Waals surface area (Å²) >= 11 is 6.67. The van der Waals surface area contributed by atoms with E-state index in [0.29, 0.717) is 11.6 Å². The highest BCUT2D eigenvalue weighted by Crippen LogP contribution is 2.60. The second-order valence-electron chi connectivity index (χ2n) is 6.15. The van der Waals surface area contributed by atoms with Gasteiger partial charge in [-0.25, -0.2) is 4.39 Å². The minimum absolute atomic E-state index is 0.0361. The summed E-state index contributed by atoms with van der Waals surface area (Å²) in [5.41, 5.74) is -0.0666. The predicted molar refractivity (Wildman–Crippen MR) is 87.6 cm³/mol. The number of halogens is 6. The zero-order valence-electron chi connectivity index (χ0n) is 12.8. The maximum absolute atomic E-state index is 13.1. The van der Waals surface area contributed by atoms with Gasteiger partial charge in [0.2, 0.25) is 0 Å². The molecule has 0 amide bonds. The predicted octanol–water partition coefficient (Wildman–Crippen LogP) is 5.94. The Bertz CT molecular complexity index is 663. The van der Waals surface area contributed by atoms with E-state index < -0.39 is 35.2 Å². The molecule has 2 nitrogen and oxygen atoms in total. The highest BCUT2D eigenvalue weighted by molar-refractivity contribution is 9.11. The van der Waals surface area contributed by atoms with Gasteiger partial charge >= 0.3 is 12.1 Å². The third-order valence-corrected chi connectivity index (χ3v) is 5.67. The first-order valence-corrected chi connectivity index (χ1v) is 8.59. The molecule has 0 unspecified atom stereocenters. The minimum Gasteiger partial charge on any atom is -0.460 e. The Hall–Kier alpha value is -0.890. The molecule has 0 bridgehead atoms. The van der Waals surface area contributed by atoms with Crippen LogP contribution in [0.1, 0.15) is 19.4 Å². The number of alkyl halides is 3. The molecule has 2 rings (SSSR count). The summed E-state index contributed by atoms with van der Waals surface area (Å²) in [4.78, 5) is 12.2. The van der Waals surface area contributed by atoms with Gasteiger partial charge < -0.3 is 4.74 Å². The smallest absolute Gasteiger partial charge is 0.442 e. The average molecular weight is 474 g/mol. The highest BCUT2D eigenvalue weighted by Gasteiger charge is 2.62. The van der Waals surface area contributed by atoms with E-state index in [1.54, 1.807) is 32.0 Å². The van der Waals surface area contributed by atoms with Crippen molar-refractivity contribution in [3.8, 4) is 0 Å². The fraction of sp³-hybridized carbons (Fsp3) is 0.438. The zero-order chi connectivity index (χ0) is 18.3. The van der Waals surface area contributed by atoms with Crippen LogP contribution < -0.4 is 0 Å². The van der Waals surface area contributed by atoms with E-state index >= 15 is 0 Å². The maximum atomic E-state index is 13.1. The van der Waals surface area contributed by atoms with Gasteiger partial charge in [0, 0.05) is 14.5 Å². The summed E-state index contributed by atoms with van der Waals surface area (Å²) in [6.07, 6.45) is -4.56. The minimum atomic E-state index is -5.03. The highest BCUT2D eigenvalue weighted by atomic mass is 79.9. The number of hydrogen-bond acceptors (Lipinski definition) is 2. The fourth-order valence-electron chi connectivity index (χ4n) is 2.59. The molecule has 0 saturated heterocycles. The van der Waals surface area contributed by atoms with E-state index in [9.17, 15) is 22.4 Å². The molecule has 0 heterocycles. The SMILES string of the molecule is CC1(C)[C@@H](C=C(F)C(F)(F)F)[C@@H]1C(=O)OCc1c(Br)cccc1Br. The average Bonchev–Trinajstić information content (AvgIpc) is 2.98.